The van der Waals surface area contributed by atoms with Crippen LogP contribution in [0.5, 0.6) is 0 Å². The highest BCUT2D eigenvalue weighted by Gasteiger charge is 2.28. The van der Waals surface area contributed by atoms with E-state index in [4.69, 9.17) is 4.42 Å². The Bertz CT molecular complexity index is 603. The molecule has 118 valence electrons. The summed E-state index contributed by atoms with van der Waals surface area (Å²) in [6.45, 7) is 1.06. The van der Waals surface area contributed by atoms with Crippen molar-refractivity contribution >= 4 is 11.7 Å². The summed E-state index contributed by atoms with van der Waals surface area (Å²) in [5.41, 5.74) is 0.143. The second-order valence-electron chi connectivity index (χ2n) is 4.85. The summed E-state index contributed by atoms with van der Waals surface area (Å²) in [6.07, 6.45) is 1.62. The number of nitrogens with one attached hydrogen (secondary N) is 2. The Morgan fingerprint density at radius 2 is 2.14 bits per heavy atom. The lowest BCUT2D eigenvalue weighted by molar-refractivity contribution is 0.0955. The van der Waals surface area contributed by atoms with Crippen LogP contribution in [0.25, 0.3) is 11.5 Å². The standard InChI is InChI=1S/C14H18N4O4/c1-2-14(7-19,8-20)17-13(21)16-11-5-3-4-10(6-11)12-18-15-9-22-12/h3-6,9,19-20H,2,7-8H2,1H3,(H2,16,17,21). The molecule has 2 aromatic rings. The topological polar surface area (TPSA) is 121 Å². The minimum absolute atomic E-state index is 0.345. The highest BCUT2D eigenvalue weighted by molar-refractivity contribution is 5.90. The number of aliphatic hydroxyl groups is 2. The first-order valence-corrected chi connectivity index (χ1v) is 6.80. The largest absolute Gasteiger partial charge is 0.423 e. The van der Waals surface area contributed by atoms with Crippen LogP contribution in [0.15, 0.2) is 35.1 Å². The lowest BCUT2D eigenvalue weighted by Crippen LogP contribution is -2.55. The zero-order valence-corrected chi connectivity index (χ0v) is 12.1. The first kappa shape index (κ1) is 15.9. The van der Waals surface area contributed by atoms with Crippen molar-refractivity contribution in [3.63, 3.8) is 0 Å². The minimum atomic E-state index is -1.05. The minimum Gasteiger partial charge on any atom is -0.423 e. The SMILES string of the molecule is CCC(CO)(CO)NC(=O)Nc1cccc(-c2nnco2)c1. The molecule has 0 radical (unpaired) electrons. The monoisotopic (exact) mass is 306 g/mol. The van der Waals surface area contributed by atoms with Crippen LogP contribution in [0.2, 0.25) is 0 Å². The third-order valence-electron chi connectivity index (χ3n) is 3.39. The van der Waals surface area contributed by atoms with Gasteiger partial charge in [-0.2, -0.15) is 0 Å². The van der Waals surface area contributed by atoms with E-state index in [0.29, 0.717) is 23.6 Å². The highest BCUT2D eigenvalue weighted by atomic mass is 16.4. The molecule has 1 aromatic carbocycles. The summed E-state index contributed by atoms with van der Waals surface area (Å²) >= 11 is 0. The van der Waals surface area contributed by atoms with E-state index in [1.165, 1.54) is 6.39 Å². The van der Waals surface area contributed by atoms with Gasteiger partial charge in [0.1, 0.15) is 0 Å². The fourth-order valence-corrected chi connectivity index (χ4v) is 1.87. The number of anilines is 1. The molecule has 0 aliphatic carbocycles. The molecule has 0 bridgehead atoms. The number of hydrogen-bond acceptors (Lipinski definition) is 6. The number of aromatic nitrogens is 2. The molecule has 0 aliphatic rings. The van der Waals surface area contributed by atoms with Crippen molar-refractivity contribution < 1.29 is 19.4 Å². The van der Waals surface area contributed by atoms with E-state index in [1.807, 2.05) is 0 Å². The summed E-state index contributed by atoms with van der Waals surface area (Å²) in [7, 11) is 0. The number of amides is 2. The van der Waals surface area contributed by atoms with Crippen LogP contribution in [0.1, 0.15) is 13.3 Å². The van der Waals surface area contributed by atoms with Crippen LogP contribution in [0.4, 0.5) is 10.5 Å². The number of carbonyl (C=O) groups is 1. The first-order valence-electron chi connectivity index (χ1n) is 6.80. The quantitative estimate of drug-likeness (QED) is 0.631. The summed E-state index contributed by atoms with van der Waals surface area (Å²) in [5, 5.41) is 31.3. The number of carbonyl (C=O) groups excluding carboxylic acids is 1. The molecule has 0 saturated heterocycles. The molecule has 2 rings (SSSR count). The molecule has 4 N–H and O–H groups in total. The molecule has 0 atom stereocenters. The zero-order valence-electron chi connectivity index (χ0n) is 12.1. The van der Waals surface area contributed by atoms with Gasteiger partial charge in [0.15, 0.2) is 0 Å². The van der Waals surface area contributed by atoms with E-state index < -0.39 is 11.6 Å². The van der Waals surface area contributed by atoms with Crippen LogP contribution >= 0.6 is 0 Å². The van der Waals surface area contributed by atoms with Gasteiger partial charge >= 0.3 is 6.03 Å². The van der Waals surface area contributed by atoms with E-state index in [1.54, 1.807) is 31.2 Å². The predicted molar refractivity (Wildman–Crippen MR) is 79.1 cm³/mol. The van der Waals surface area contributed by atoms with Crippen molar-refractivity contribution in [2.45, 2.75) is 18.9 Å². The molecular weight excluding hydrogens is 288 g/mol. The van der Waals surface area contributed by atoms with E-state index >= 15 is 0 Å². The Morgan fingerprint density at radius 1 is 1.36 bits per heavy atom. The van der Waals surface area contributed by atoms with Gasteiger partial charge in [0.05, 0.1) is 18.8 Å². The molecule has 0 fully saturated rings. The number of hydrogen-bond donors (Lipinski definition) is 4. The van der Waals surface area contributed by atoms with Gasteiger partial charge in [-0.05, 0) is 24.6 Å². The average molecular weight is 306 g/mol. The van der Waals surface area contributed by atoms with Gasteiger partial charge in [0, 0.05) is 11.3 Å². The van der Waals surface area contributed by atoms with E-state index in [0.717, 1.165) is 0 Å². The Morgan fingerprint density at radius 3 is 2.73 bits per heavy atom. The van der Waals surface area contributed by atoms with Gasteiger partial charge in [0.25, 0.3) is 0 Å². The van der Waals surface area contributed by atoms with Crippen LogP contribution in [0, 0.1) is 0 Å². The number of benzene rings is 1. The van der Waals surface area contributed by atoms with Crippen molar-refractivity contribution in [2.24, 2.45) is 0 Å². The van der Waals surface area contributed by atoms with Gasteiger partial charge in [-0.15, -0.1) is 10.2 Å². The van der Waals surface area contributed by atoms with Gasteiger partial charge < -0.3 is 25.3 Å². The van der Waals surface area contributed by atoms with Crippen molar-refractivity contribution in [3.05, 3.63) is 30.7 Å². The zero-order chi connectivity index (χ0) is 16.0. The molecule has 1 heterocycles. The van der Waals surface area contributed by atoms with E-state index in [-0.39, 0.29) is 13.2 Å². The second kappa shape index (κ2) is 7.01. The summed E-state index contributed by atoms with van der Waals surface area (Å²) in [4.78, 5) is 12.0. The maximum absolute atomic E-state index is 12.0. The maximum Gasteiger partial charge on any atom is 0.319 e. The molecule has 0 unspecified atom stereocenters. The Hall–Kier alpha value is -2.45. The Kier molecular flexibility index (Phi) is 5.08. The Labute approximate surface area is 127 Å². The molecule has 0 saturated carbocycles. The van der Waals surface area contributed by atoms with Crippen LogP contribution in [0.3, 0.4) is 0 Å². The van der Waals surface area contributed by atoms with Crippen molar-refractivity contribution in [2.75, 3.05) is 18.5 Å². The summed E-state index contributed by atoms with van der Waals surface area (Å²) in [5.74, 6) is 0.345. The third kappa shape index (κ3) is 3.60. The van der Waals surface area contributed by atoms with Crippen molar-refractivity contribution in [1.82, 2.24) is 15.5 Å². The molecule has 2 amide bonds. The third-order valence-corrected chi connectivity index (χ3v) is 3.39. The normalized spacial score (nSPS) is 11.2. The molecule has 8 nitrogen and oxygen atoms in total. The number of aliphatic hydroxyl groups excluding tert-OH is 2. The predicted octanol–water partition coefficient (Wildman–Crippen LogP) is 0.991. The van der Waals surface area contributed by atoms with Crippen LogP contribution in [-0.4, -0.2) is 45.2 Å². The lowest BCUT2D eigenvalue weighted by Gasteiger charge is -2.29. The maximum atomic E-state index is 12.0. The van der Waals surface area contributed by atoms with Crippen LogP contribution in [-0.2, 0) is 0 Å². The fraction of sp³-hybridized carbons (Fsp3) is 0.357. The molecule has 22 heavy (non-hydrogen) atoms. The molecule has 0 aliphatic heterocycles. The highest BCUT2D eigenvalue weighted by Crippen LogP contribution is 2.20. The van der Waals surface area contributed by atoms with Gasteiger partial charge in [-0.25, -0.2) is 4.79 Å². The molecular formula is C14H18N4O4. The van der Waals surface area contributed by atoms with Crippen molar-refractivity contribution in [3.8, 4) is 11.5 Å². The van der Waals surface area contributed by atoms with Crippen LogP contribution < -0.4 is 10.6 Å². The molecule has 1 aromatic heterocycles. The summed E-state index contributed by atoms with van der Waals surface area (Å²) in [6, 6.07) is 6.37. The van der Waals surface area contributed by atoms with Crippen molar-refractivity contribution in [1.29, 1.82) is 0 Å². The summed E-state index contributed by atoms with van der Waals surface area (Å²) < 4.78 is 5.10. The second-order valence-corrected chi connectivity index (χ2v) is 4.85. The fourth-order valence-electron chi connectivity index (χ4n) is 1.87. The van der Waals surface area contributed by atoms with E-state index in [9.17, 15) is 15.0 Å². The van der Waals surface area contributed by atoms with Gasteiger partial charge in [-0.3, -0.25) is 0 Å². The number of nitrogens with zero attached hydrogens (tertiary/aromatic N) is 2. The lowest BCUT2D eigenvalue weighted by atomic mass is 9.99. The average Bonchev–Trinajstić information content (AvgIpc) is 3.07. The molecule has 8 heteroatoms. The first-order chi connectivity index (χ1) is 10.6. The Balaban J connectivity index is 2.07. The number of rotatable bonds is 6. The van der Waals surface area contributed by atoms with Gasteiger partial charge in [-0.1, -0.05) is 13.0 Å². The number of urea groups is 1. The van der Waals surface area contributed by atoms with Gasteiger partial charge in [0.2, 0.25) is 12.3 Å². The van der Waals surface area contributed by atoms with E-state index in [2.05, 4.69) is 20.8 Å². The molecule has 0 spiro atoms. The smallest absolute Gasteiger partial charge is 0.319 e.